The molecule has 82 valence electrons. The Balaban J connectivity index is 2.42. The average molecular weight is 213 g/mol. The van der Waals surface area contributed by atoms with Crippen LogP contribution < -0.4 is 5.73 Å². The highest BCUT2D eigenvalue weighted by molar-refractivity contribution is 5.37. The highest BCUT2D eigenvalue weighted by Crippen LogP contribution is 2.21. The van der Waals surface area contributed by atoms with Gasteiger partial charge in [-0.2, -0.15) is 0 Å². The largest absolute Gasteiger partial charge is 0.318 e. The number of aromatic nitrogens is 2. The Kier molecular flexibility index (Phi) is 2.97. The fourth-order valence-electron chi connectivity index (χ4n) is 1.72. The van der Waals surface area contributed by atoms with Crippen LogP contribution in [0.15, 0.2) is 36.7 Å². The van der Waals surface area contributed by atoms with Gasteiger partial charge in [-0.05, 0) is 36.6 Å². The van der Waals surface area contributed by atoms with Crippen LogP contribution in [-0.4, -0.2) is 9.97 Å². The van der Waals surface area contributed by atoms with Crippen molar-refractivity contribution in [2.45, 2.75) is 19.9 Å². The summed E-state index contributed by atoms with van der Waals surface area (Å²) in [5.74, 6) is 0.663. The summed E-state index contributed by atoms with van der Waals surface area (Å²) in [4.78, 5) is 8.38. The Hall–Kier alpha value is -1.74. The highest BCUT2D eigenvalue weighted by atomic mass is 14.9. The number of aryl methyl sites for hydroxylation is 1. The van der Waals surface area contributed by atoms with Gasteiger partial charge in [-0.25, -0.2) is 9.97 Å². The summed E-state index contributed by atoms with van der Waals surface area (Å²) in [6.45, 7) is 4.16. The number of hydrogen-bond donors (Lipinski definition) is 1. The smallest absolute Gasteiger partial charge is 0.149 e. The molecule has 0 spiro atoms. The monoisotopic (exact) mass is 213 g/mol. The summed E-state index contributed by atoms with van der Waals surface area (Å²) in [5, 5.41) is 0. The minimum absolute atomic E-state index is 0.249. The third-order valence-electron chi connectivity index (χ3n) is 2.85. The van der Waals surface area contributed by atoms with Crippen molar-refractivity contribution >= 4 is 0 Å². The quantitative estimate of drug-likeness (QED) is 0.831. The SMILES string of the molecule is Cc1cccc(C(N)c2ncccn2)c1C. The molecule has 0 aliphatic heterocycles. The van der Waals surface area contributed by atoms with Crippen LogP contribution in [0.2, 0.25) is 0 Å². The molecule has 0 radical (unpaired) electrons. The standard InChI is InChI=1S/C13H15N3/c1-9-5-3-6-11(10(9)2)12(14)13-15-7-4-8-16-13/h3-8,12H,14H2,1-2H3. The van der Waals surface area contributed by atoms with E-state index in [0.717, 1.165) is 5.56 Å². The van der Waals surface area contributed by atoms with Crippen molar-refractivity contribution in [2.75, 3.05) is 0 Å². The predicted molar refractivity (Wildman–Crippen MR) is 64.0 cm³/mol. The first-order chi connectivity index (χ1) is 7.70. The first-order valence-corrected chi connectivity index (χ1v) is 5.28. The molecule has 2 N–H and O–H groups in total. The van der Waals surface area contributed by atoms with Crippen LogP contribution >= 0.6 is 0 Å². The van der Waals surface area contributed by atoms with E-state index in [4.69, 9.17) is 5.73 Å². The lowest BCUT2D eigenvalue weighted by atomic mass is 9.97. The van der Waals surface area contributed by atoms with Gasteiger partial charge in [0.1, 0.15) is 5.82 Å². The summed E-state index contributed by atoms with van der Waals surface area (Å²) in [5.41, 5.74) is 9.70. The van der Waals surface area contributed by atoms with E-state index in [-0.39, 0.29) is 6.04 Å². The van der Waals surface area contributed by atoms with E-state index >= 15 is 0 Å². The van der Waals surface area contributed by atoms with Crippen molar-refractivity contribution in [2.24, 2.45) is 5.73 Å². The van der Waals surface area contributed by atoms with Gasteiger partial charge in [-0.1, -0.05) is 18.2 Å². The zero-order chi connectivity index (χ0) is 11.5. The fraction of sp³-hybridized carbons (Fsp3) is 0.231. The molecule has 3 nitrogen and oxygen atoms in total. The maximum Gasteiger partial charge on any atom is 0.149 e. The van der Waals surface area contributed by atoms with Crippen molar-refractivity contribution < 1.29 is 0 Å². The molecule has 1 aromatic heterocycles. The molecule has 0 aliphatic carbocycles. The Morgan fingerprint density at radius 2 is 1.75 bits per heavy atom. The highest BCUT2D eigenvalue weighted by Gasteiger charge is 2.13. The summed E-state index contributed by atoms with van der Waals surface area (Å²) in [6.07, 6.45) is 3.43. The van der Waals surface area contributed by atoms with Crippen LogP contribution in [0.3, 0.4) is 0 Å². The molecule has 0 amide bonds. The second kappa shape index (κ2) is 4.41. The molecule has 1 aromatic carbocycles. The lowest BCUT2D eigenvalue weighted by Crippen LogP contribution is -2.16. The second-order valence-corrected chi connectivity index (χ2v) is 3.87. The molecule has 16 heavy (non-hydrogen) atoms. The van der Waals surface area contributed by atoms with Crippen molar-refractivity contribution in [3.05, 3.63) is 59.2 Å². The van der Waals surface area contributed by atoms with E-state index in [9.17, 15) is 0 Å². The van der Waals surface area contributed by atoms with Crippen LogP contribution in [0.1, 0.15) is 28.6 Å². The first kappa shape index (κ1) is 10.8. The van der Waals surface area contributed by atoms with Gasteiger partial charge in [0.2, 0.25) is 0 Å². The van der Waals surface area contributed by atoms with E-state index in [0.29, 0.717) is 5.82 Å². The molecule has 3 heteroatoms. The van der Waals surface area contributed by atoms with E-state index in [1.165, 1.54) is 11.1 Å². The molecule has 1 atom stereocenters. The van der Waals surface area contributed by atoms with E-state index in [2.05, 4.69) is 29.9 Å². The summed E-state index contributed by atoms with van der Waals surface area (Å²) < 4.78 is 0. The molecule has 1 unspecified atom stereocenters. The molecule has 0 bridgehead atoms. The predicted octanol–water partition coefficient (Wildman–Crippen LogP) is 2.14. The third-order valence-corrected chi connectivity index (χ3v) is 2.85. The molecule has 0 saturated carbocycles. The van der Waals surface area contributed by atoms with Crippen molar-refractivity contribution in [3.8, 4) is 0 Å². The molecule has 0 fully saturated rings. The van der Waals surface area contributed by atoms with Crippen molar-refractivity contribution in [1.82, 2.24) is 9.97 Å². The Morgan fingerprint density at radius 3 is 2.44 bits per heavy atom. The van der Waals surface area contributed by atoms with Gasteiger partial charge in [0.15, 0.2) is 0 Å². The van der Waals surface area contributed by atoms with Gasteiger partial charge in [0.05, 0.1) is 6.04 Å². The van der Waals surface area contributed by atoms with Crippen LogP contribution in [0.25, 0.3) is 0 Å². The minimum atomic E-state index is -0.249. The van der Waals surface area contributed by atoms with Crippen LogP contribution in [0.5, 0.6) is 0 Å². The number of hydrogen-bond acceptors (Lipinski definition) is 3. The molecule has 0 saturated heterocycles. The normalized spacial score (nSPS) is 12.4. The maximum absolute atomic E-state index is 6.16. The van der Waals surface area contributed by atoms with Crippen molar-refractivity contribution in [1.29, 1.82) is 0 Å². The van der Waals surface area contributed by atoms with Crippen LogP contribution in [-0.2, 0) is 0 Å². The van der Waals surface area contributed by atoms with Gasteiger partial charge in [0.25, 0.3) is 0 Å². The minimum Gasteiger partial charge on any atom is -0.318 e. The number of benzene rings is 1. The molecular weight excluding hydrogens is 198 g/mol. The lowest BCUT2D eigenvalue weighted by Gasteiger charge is -2.14. The number of nitrogens with zero attached hydrogens (tertiary/aromatic N) is 2. The third kappa shape index (κ3) is 1.95. The van der Waals surface area contributed by atoms with E-state index in [1.807, 2.05) is 12.1 Å². The molecule has 2 rings (SSSR count). The topological polar surface area (TPSA) is 51.8 Å². The van der Waals surface area contributed by atoms with Gasteiger partial charge in [-0.15, -0.1) is 0 Å². The van der Waals surface area contributed by atoms with Gasteiger partial charge in [0, 0.05) is 12.4 Å². The zero-order valence-corrected chi connectivity index (χ0v) is 9.51. The Bertz CT molecular complexity index is 480. The number of rotatable bonds is 2. The van der Waals surface area contributed by atoms with Gasteiger partial charge >= 0.3 is 0 Å². The summed E-state index contributed by atoms with van der Waals surface area (Å²) in [6, 6.07) is 7.67. The summed E-state index contributed by atoms with van der Waals surface area (Å²) >= 11 is 0. The molecule has 1 heterocycles. The first-order valence-electron chi connectivity index (χ1n) is 5.28. The average Bonchev–Trinajstić information content (AvgIpc) is 2.33. The van der Waals surface area contributed by atoms with E-state index < -0.39 is 0 Å². The van der Waals surface area contributed by atoms with Crippen LogP contribution in [0.4, 0.5) is 0 Å². The van der Waals surface area contributed by atoms with Gasteiger partial charge in [-0.3, -0.25) is 0 Å². The molecular formula is C13H15N3. The summed E-state index contributed by atoms with van der Waals surface area (Å²) in [7, 11) is 0. The lowest BCUT2D eigenvalue weighted by molar-refractivity contribution is 0.773. The van der Waals surface area contributed by atoms with Gasteiger partial charge < -0.3 is 5.73 Å². The molecule has 0 aliphatic rings. The maximum atomic E-state index is 6.16. The molecule has 2 aromatic rings. The fourth-order valence-corrected chi connectivity index (χ4v) is 1.72. The number of nitrogens with two attached hydrogens (primary N) is 1. The zero-order valence-electron chi connectivity index (χ0n) is 9.51. The Morgan fingerprint density at radius 1 is 1.06 bits per heavy atom. The van der Waals surface area contributed by atoms with E-state index in [1.54, 1.807) is 18.5 Å². The van der Waals surface area contributed by atoms with Crippen LogP contribution in [0, 0.1) is 13.8 Å². The second-order valence-electron chi connectivity index (χ2n) is 3.87. The Labute approximate surface area is 95.4 Å². The van der Waals surface area contributed by atoms with Crippen molar-refractivity contribution in [3.63, 3.8) is 0 Å².